The van der Waals surface area contributed by atoms with Gasteiger partial charge in [-0.15, -0.1) is 12.1 Å². The Balaban J connectivity index is 0.000000640. The summed E-state index contributed by atoms with van der Waals surface area (Å²) in [7, 11) is 1.64. The summed E-state index contributed by atoms with van der Waals surface area (Å²) in [5.41, 5.74) is 0. The van der Waals surface area contributed by atoms with Crippen molar-refractivity contribution < 1.29 is 24.5 Å². The van der Waals surface area contributed by atoms with Gasteiger partial charge in [-0.2, -0.15) is 18.2 Å². The molecule has 0 aromatic heterocycles. The van der Waals surface area contributed by atoms with Gasteiger partial charge in [0.25, 0.3) is 0 Å². The molecule has 1 nitrogen and oxygen atoms in total. The fourth-order valence-electron chi connectivity index (χ4n) is 0.504. The van der Waals surface area contributed by atoms with Gasteiger partial charge in [-0.25, -0.2) is 0 Å². The average molecular weight is 297 g/mol. The van der Waals surface area contributed by atoms with Crippen LogP contribution in [-0.2, 0) is 19.8 Å². The van der Waals surface area contributed by atoms with Crippen LogP contribution < -0.4 is 4.74 Å². The van der Waals surface area contributed by atoms with E-state index in [1.54, 1.807) is 13.2 Å². The standard InChI is InChI=1S/C7H7O.Os/c1-8-7-5-3-2-4-6-7;/h2-3,5-6H,1H3;/q-1;+1. The molecule has 0 amide bonds. The Morgan fingerprint density at radius 2 is 2.33 bits per heavy atom. The van der Waals surface area contributed by atoms with E-state index in [4.69, 9.17) is 4.74 Å². The van der Waals surface area contributed by atoms with E-state index in [1.807, 2.05) is 18.2 Å². The first kappa shape index (κ1) is 8.66. The van der Waals surface area contributed by atoms with Crippen molar-refractivity contribution in [1.29, 1.82) is 0 Å². The molecule has 2 heteroatoms. The van der Waals surface area contributed by atoms with Crippen LogP contribution >= 0.6 is 0 Å². The quantitative estimate of drug-likeness (QED) is 0.714. The van der Waals surface area contributed by atoms with Crippen molar-refractivity contribution in [2.24, 2.45) is 0 Å². The molecule has 0 saturated carbocycles. The third-order valence-electron chi connectivity index (χ3n) is 0.914. The molecule has 0 aliphatic heterocycles. The van der Waals surface area contributed by atoms with Gasteiger partial charge in [0.2, 0.25) is 0 Å². The molecule has 0 fully saturated rings. The summed E-state index contributed by atoms with van der Waals surface area (Å²) < 4.78 is 4.88. The second-order valence-electron chi connectivity index (χ2n) is 1.44. The first-order valence-corrected chi connectivity index (χ1v) is 2.43. The maximum absolute atomic E-state index is 4.88. The van der Waals surface area contributed by atoms with Crippen molar-refractivity contribution in [3.63, 3.8) is 0 Å². The SMILES string of the molecule is COc1c[c-]ccc1.[Os+]. The number of hydrogen-bond acceptors (Lipinski definition) is 1. The molecule has 0 atom stereocenters. The molecule has 0 saturated heterocycles. The zero-order valence-electron chi connectivity index (χ0n) is 5.07. The van der Waals surface area contributed by atoms with Crippen molar-refractivity contribution in [2.75, 3.05) is 7.11 Å². The van der Waals surface area contributed by atoms with E-state index >= 15 is 0 Å². The second-order valence-corrected chi connectivity index (χ2v) is 1.44. The van der Waals surface area contributed by atoms with Gasteiger partial charge in [0.05, 0.1) is 7.11 Å². The van der Waals surface area contributed by atoms with Crippen molar-refractivity contribution in [3.8, 4) is 5.75 Å². The van der Waals surface area contributed by atoms with Crippen LogP contribution in [0, 0.1) is 6.07 Å². The van der Waals surface area contributed by atoms with Crippen LogP contribution in [0.3, 0.4) is 0 Å². The van der Waals surface area contributed by atoms with Crippen molar-refractivity contribution in [2.45, 2.75) is 0 Å². The summed E-state index contributed by atoms with van der Waals surface area (Å²) >= 11 is 0. The Kier molecular flexibility index (Phi) is 4.35. The summed E-state index contributed by atoms with van der Waals surface area (Å²) in [5, 5.41) is 0. The predicted octanol–water partition coefficient (Wildman–Crippen LogP) is 1.49. The van der Waals surface area contributed by atoms with Crippen molar-refractivity contribution in [3.05, 3.63) is 30.3 Å². The summed E-state index contributed by atoms with van der Waals surface area (Å²) in [5.74, 6) is 0.854. The normalized spacial score (nSPS) is 7.67. The van der Waals surface area contributed by atoms with E-state index in [-0.39, 0.29) is 19.8 Å². The molecule has 9 heavy (non-hydrogen) atoms. The smallest absolute Gasteiger partial charge is 0.554 e. The number of ether oxygens (including phenoxy) is 1. The van der Waals surface area contributed by atoms with E-state index in [0.717, 1.165) is 5.75 Å². The van der Waals surface area contributed by atoms with Crippen molar-refractivity contribution in [1.82, 2.24) is 0 Å². The molecular formula is C7H7OOs. The fraction of sp³-hybridized carbons (Fsp3) is 0.143. The van der Waals surface area contributed by atoms with Gasteiger partial charge in [-0.3, -0.25) is 0 Å². The summed E-state index contributed by atoms with van der Waals surface area (Å²) in [6.45, 7) is 0. The number of hydrogen-bond donors (Lipinski definition) is 0. The zero-order chi connectivity index (χ0) is 5.82. The van der Waals surface area contributed by atoms with Crippen LogP contribution in [0.25, 0.3) is 0 Å². The third-order valence-corrected chi connectivity index (χ3v) is 0.914. The fourth-order valence-corrected chi connectivity index (χ4v) is 0.504. The molecule has 49 valence electrons. The van der Waals surface area contributed by atoms with E-state index < -0.39 is 0 Å². The predicted molar refractivity (Wildman–Crippen MR) is 31.8 cm³/mol. The molecule has 1 aromatic carbocycles. The van der Waals surface area contributed by atoms with Crippen LogP contribution in [0.5, 0.6) is 5.75 Å². The minimum absolute atomic E-state index is 0. The molecule has 1 rings (SSSR count). The molecule has 0 heterocycles. The Hall–Kier alpha value is -0.344. The van der Waals surface area contributed by atoms with Gasteiger partial charge in [0.1, 0.15) is 0 Å². The summed E-state index contributed by atoms with van der Waals surface area (Å²) in [6.07, 6.45) is 0. The maximum atomic E-state index is 4.88. The minimum atomic E-state index is 0. The van der Waals surface area contributed by atoms with Crippen LogP contribution in [0.1, 0.15) is 0 Å². The van der Waals surface area contributed by atoms with Gasteiger partial charge in [0, 0.05) is 5.75 Å². The minimum Gasteiger partial charge on any atom is -0.554 e. The Bertz CT molecular complexity index is 150. The van der Waals surface area contributed by atoms with Gasteiger partial charge >= 0.3 is 19.8 Å². The molecule has 0 bridgehead atoms. The first-order chi connectivity index (χ1) is 3.93. The second kappa shape index (κ2) is 4.53. The largest absolute Gasteiger partial charge is 1.00 e. The van der Waals surface area contributed by atoms with Gasteiger partial charge < -0.3 is 4.74 Å². The third kappa shape index (κ3) is 2.63. The maximum Gasteiger partial charge on any atom is 1.00 e. The molecule has 0 spiro atoms. The van der Waals surface area contributed by atoms with Crippen LogP contribution in [-0.4, -0.2) is 7.11 Å². The monoisotopic (exact) mass is 299 g/mol. The Morgan fingerprint density at radius 3 is 2.67 bits per heavy atom. The molecular weight excluding hydrogens is 290 g/mol. The molecule has 0 aliphatic rings. The van der Waals surface area contributed by atoms with E-state index in [2.05, 4.69) is 6.07 Å². The zero-order valence-corrected chi connectivity index (χ0v) is 7.61. The molecule has 1 aromatic rings. The Labute approximate surface area is 68.1 Å². The molecule has 0 aliphatic carbocycles. The molecule has 0 unspecified atom stereocenters. The van der Waals surface area contributed by atoms with Crippen LogP contribution in [0.15, 0.2) is 24.3 Å². The van der Waals surface area contributed by atoms with Crippen LogP contribution in [0.2, 0.25) is 0 Å². The topological polar surface area (TPSA) is 9.23 Å². The number of rotatable bonds is 1. The number of methoxy groups -OCH3 is 1. The number of benzene rings is 1. The summed E-state index contributed by atoms with van der Waals surface area (Å²) in [4.78, 5) is 0. The van der Waals surface area contributed by atoms with E-state index in [0.29, 0.717) is 0 Å². The Morgan fingerprint density at radius 1 is 1.56 bits per heavy atom. The summed E-state index contributed by atoms with van der Waals surface area (Å²) in [6, 6.07) is 10.3. The van der Waals surface area contributed by atoms with Gasteiger partial charge in [0.15, 0.2) is 0 Å². The first-order valence-electron chi connectivity index (χ1n) is 2.43. The average Bonchev–Trinajstić information content (AvgIpc) is 1.90. The molecule has 1 radical (unpaired) electrons. The van der Waals surface area contributed by atoms with Crippen molar-refractivity contribution >= 4 is 0 Å². The molecule has 0 N–H and O–H groups in total. The van der Waals surface area contributed by atoms with Gasteiger partial charge in [-0.05, 0) is 0 Å². The van der Waals surface area contributed by atoms with E-state index in [9.17, 15) is 0 Å². The van der Waals surface area contributed by atoms with Gasteiger partial charge in [-0.1, -0.05) is 0 Å². The van der Waals surface area contributed by atoms with E-state index in [1.165, 1.54) is 0 Å². The van der Waals surface area contributed by atoms with Crippen LogP contribution in [0.4, 0.5) is 0 Å².